The molecule has 0 N–H and O–H groups in total. The van der Waals surface area contributed by atoms with Crippen molar-refractivity contribution in [3.8, 4) is 0 Å². The van der Waals surface area contributed by atoms with Gasteiger partial charge in [0.25, 0.3) is 0 Å². The SMILES string of the molecule is [Na+].[O-]B1CCOO1. The van der Waals surface area contributed by atoms with E-state index in [9.17, 15) is 5.02 Å². The first-order valence-electron chi connectivity index (χ1n) is 1.83. The minimum atomic E-state index is -0.926. The number of hydrogen-bond acceptors (Lipinski definition) is 3. The molecule has 0 aromatic heterocycles. The van der Waals surface area contributed by atoms with Gasteiger partial charge in [-0.1, -0.05) is 0 Å². The van der Waals surface area contributed by atoms with E-state index in [0.717, 1.165) is 0 Å². The Balaban J connectivity index is 0.000000360. The molecule has 0 saturated carbocycles. The summed E-state index contributed by atoms with van der Waals surface area (Å²) in [5, 5.41) is 9.98. The Morgan fingerprint density at radius 2 is 2.29 bits per heavy atom. The molecule has 0 radical (unpaired) electrons. The molecule has 0 aromatic rings. The van der Waals surface area contributed by atoms with Gasteiger partial charge in [0.1, 0.15) is 0 Å². The van der Waals surface area contributed by atoms with Gasteiger partial charge in [-0.2, -0.15) is 0 Å². The largest absolute Gasteiger partial charge is 1.00 e. The first-order chi connectivity index (χ1) is 2.89. The predicted molar refractivity (Wildman–Crippen MR) is 17.6 cm³/mol. The average Bonchev–Trinajstić information content (AvgIpc) is 1.86. The van der Waals surface area contributed by atoms with Crippen molar-refractivity contribution in [2.75, 3.05) is 6.61 Å². The fourth-order valence-electron chi connectivity index (χ4n) is 0.316. The van der Waals surface area contributed by atoms with E-state index in [1.807, 2.05) is 0 Å². The molecule has 7 heavy (non-hydrogen) atoms. The summed E-state index contributed by atoms with van der Waals surface area (Å²) in [5.41, 5.74) is 0. The van der Waals surface area contributed by atoms with Crippen LogP contribution in [0.25, 0.3) is 0 Å². The summed E-state index contributed by atoms with van der Waals surface area (Å²) in [6.07, 6.45) is 0.486. The second-order valence-electron chi connectivity index (χ2n) is 1.14. The van der Waals surface area contributed by atoms with Crippen LogP contribution in [0.15, 0.2) is 0 Å². The maximum Gasteiger partial charge on any atom is 1.00 e. The summed E-state index contributed by atoms with van der Waals surface area (Å²) in [5.74, 6) is 0. The molecule has 0 aliphatic carbocycles. The maximum atomic E-state index is 9.98. The molecular weight excluding hydrogens is 106 g/mol. The van der Waals surface area contributed by atoms with E-state index >= 15 is 0 Å². The zero-order valence-corrected chi connectivity index (χ0v) is 6.22. The molecule has 34 valence electrons. The Kier molecular flexibility index (Phi) is 4.41. The van der Waals surface area contributed by atoms with Gasteiger partial charge in [0, 0.05) is 0 Å². The fraction of sp³-hybridized carbons (Fsp3) is 1.00. The standard InChI is InChI=1S/C2H4BO3.Na/c4-3-1-2-5-6-3;/h1-2H2;/q-1;+1. The van der Waals surface area contributed by atoms with Gasteiger partial charge in [-0.15, -0.1) is 0 Å². The van der Waals surface area contributed by atoms with Crippen molar-refractivity contribution in [1.82, 2.24) is 0 Å². The zero-order valence-electron chi connectivity index (χ0n) is 4.22. The van der Waals surface area contributed by atoms with E-state index in [2.05, 4.69) is 9.69 Å². The van der Waals surface area contributed by atoms with Crippen LogP contribution in [-0.4, -0.2) is 13.7 Å². The van der Waals surface area contributed by atoms with E-state index in [0.29, 0.717) is 12.9 Å². The monoisotopic (exact) mass is 110 g/mol. The third kappa shape index (κ3) is 2.69. The smallest absolute Gasteiger partial charge is 0.854 e. The van der Waals surface area contributed by atoms with Crippen molar-refractivity contribution in [1.29, 1.82) is 0 Å². The molecule has 3 nitrogen and oxygen atoms in total. The molecule has 5 heteroatoms. The summed E-state index contributed by atoms with van der Waals surface area (Å²) >= 11 is 0. The average molecular weight is 110 g/mol. The first-order valence-corrected chi connectivity index (χ1v) is 1.83. The second kappa shape index (κ2) is 3.89. The van der Waals surface area contributed by atoms with Crippen molar-refractivity contribution in [2.24, 2.45) is 0 Å². The summed E-state index contributed by atoms with van der Waals surface area (Å²) in [6.45, 7) is 0.453. The molecule has 0 spiro atoms. The Morgan fingerprint density at radius 3 is 2.43 bits per heavy atom. The molecule has 1 aliphatic rings. The summed E-state index contributed by atoms with van der Waals surface area (Å²) < 4.78 is 0. The third-order valence-corrected chi connectivity index (χ3v) is 0.612. The van der Waals surface area contributed by atoms with Crippen LogP contribution in [0.5, 0.6) is 0 Å². The second-order valence-corrected chi connectivity index (χ2v) is 1.14. The predicted octanol–water partition coefficient (Wildman–Crippen LogP) is -4.20. The maximum absolute atomic E-state index is 9.98. The molecule has 1 rings (SSSR count). The van der Waals surface area contributed by atoms with Crippen LogP contribution in [0.2, 0.25) is 6.32 Å². The molecule has 0 bridgehead atoms. The van der Waals surface area contributed by atoms with Gasteiger partial charge in [-0.25, -0.2) is 0 Å². The minimum Gasteiger partial charge on any atom is -0.854 e. The third-order valence-electron chi connectivity index (χ3n) is 0.612. The Morgan fingerprint density at radius 1 is 1.57 bits per heavy atom. The number of rotatable bonds is 0. The molecular formula is C2H4BNaO3. The van der Waals surface area contributed by atoms with Gasteiger partial charge in [-0.3, -0.25) is 4.89 Å². The Bertz CT molecular complexity index is 46.2. The zero-order chi connectivity index (χ0) is 4.41. The van der Waals surface area contributed by atoms with Crippen LogP contribution in [0, 0.1) is 0 Å². The van der Waals surface area contributed by atoms with Crippen LogP contribution < -0.4 is 34.6 Å². The fourth-order valence-corrected chi connectivity index (χ4v) is 0.316. The Labute approximate surface area is 64.4 Å². The van der Waals surface area contributed by atoms with Crippen LogP contribution in [-0.2, 0) is 9.69 Å². The summed E-state index contributed by atoms with van der Waals surface area (Å²) in [4.78, 5) is 8.34. The van der Waals surface area contributed by atoms with Crippen LogP contribution in [0.1, 0.15) is 0 Å². The van der Waals surface area contributed by atoms with Crippen molar-refractivity contribution in [2.45, 2.75) is 6.32 Å². The molecule has 1 heterocycles. The van der Waals surface area contributed by atoms with Gasteiger partial charge in [-0.05, 0) is 6.32 Å². The van der Waals surface area contributed by atoms with Gasteiger partial charge in [0.2, 0.25) is 7.12 Å². The molecule has 1 aliphatic heterocycles. The van der Waals surface area contributed by atoms with Gasteiger partial charge in [0.05, 0.1) is 6.61 Å². The minimum absolute atomic E-state index is 0. The van der Waals surface area contributed by atoms with E-state index in [1.165, 1.54) is 0 Å². The topological polar surface area (TPSA) is 41.5 Å². The van der Waals surface area contributed by atoms with Crippen molar-refractivity contribution < 1.29 is 44.3 Å². The van der Waals surface area contributed by atoms with E-state index < -0.39 is 7.12 Å². The summed E-state index contributed by atoms with van der Waals surface area (Å²) in [7, 11) is -0.926. The normalized spacial score (nSPS) is 19.3. The summed E-state index contributed by atoms with van der Waals surface area (Å²) in [6, 6.07) is 0. The van der Waals surface area contributed by atoms with Gasteiger partial charge >= 0.3 is 29.6 Å². The van der Waals surface area contributed by atoms with Crippen molar-refractivity contribution in [3.05, 3.63) is 0 Å². The molecule has 0 unspecified atom stereocenters. The molecule has 0 aromatic carbocycles. The van der Waals surface area contributed by atoms with Gasteiger partial charge in [0.15, 0.2) is 0 Å². The van der Waals surface area contributed by atoms with E-state index in [-0.39, 0.29) is 29.6 Å². The molecule has 0 amide bonds. The number of hydrogen-bond donors (Lipinski definition) is 0. The Hall–Kier alpha value is 0.945. The van der Waals surface area contributed by atoms with E-state index in [1.54, 1.807) is 0 Å². The van der Waals surface area contributed by atoms with E-state index in [4.69, 9.17) is 0 Å². The molecule has 0 atom stereocenters. The molecule has 1 saturated heterocycles. The van der Waals surface area contributed by atoms with Crippen LogP contribution in [0.4, 0.5) is 0 Å². The van der Waals surface area contributed by atoms with Crippen LogP contribution >= 0.6 is 0 Å². The van der Waals surface area contributed by atoms with Gasteiger partial charge < -0.3 is 9.83 Å². The molecule has 1 fully saturated rings. The van der Waals surface area contributed by atoms with Crippen molar-refractivity contribution in [3.63, 3.8) is 0 Å². The first kappa shape index (κ1) is 7.94. The van der Waals surface area contributed by atoms with Crippen molar-refractivity contribution >= 4 is 7.12 Å². The van der Waals surface area contributed by atoms with Crippen LogP contribution in [0.3, 0.4) is 0 Å². The quantitative estimate of drug-likeness (QED) is 0.234.